The van der Waals surface area contributed by atoms with E-state index in [1.807, 2.05) is 24.3 Å². The van der Waals surface area contributed by atoms with E-state index in [1.165, 1.54) is 0 Å². The zero-order valence-electron chi connectivity index (χ0n) is 19.2. The zero-order valence-corrected chi connectivity index (χ0v) is 19.2. The van der Waals surface area contributed by atoms with E-state index in [-0.39, 0.29) is 11.8 Å². The number of piperidine rings is 1. The minimum Gasteiger partial charge on any atom is -0.504 e. The Bertz CT molecular complexity index is 1040. The van der Waals surface area contributed by atoms with Crippen LogP contribution in [0.5, 0.6) is 23.0 Å². The Morgan fingerprint density at radius 3 is 2.53 bits per heavy atom. The quantitative estimate of drug-likeness (QED) is 0.775. The zero-order chi connectivity index (χ0) is 22.5. The first-order valence-electron chi connectivity index (χ1n) is 11.3. The number of para-hydroxylation sites is 1. The number of aromatic hydroxyl groups is 1. The van der Waals surface area contributed by atoms with Gasteiger partial charge in [-0.25, -0.2) is 5.01 Å². The number of ether oxygens (including phenoxy) is 3. The summed E-state index contributed by atoms with van der Waals surface area (Å²) in [5.41, 5.74) is 2.53. The second-order valence-electron chi connectivity index (χ2n) is 9.05. The van der Waals surface area contributed by atoms with Gasteiger partial charge in [-0.1, -0.05) is 12.1 Å². The van der Waals surface area contributed by atoms with Gasteiger partial charge in [0.25, 0.3) is 0 Å². The van der Waals surface area contributed by atoms with Crippen LogP contribution >= 0.6 is 0 Å². The Kier molecular flexibility index (Phi) is 5.16. The van der Waals surface area contributed by atoms with Crippen LogP contribution in [-0.4, -0.2) is 59.8 Å². The van der Waals surface area contributed by atoms with Crippen LogP contribution < -0.4 is 14.2 Å². The van der Waals surface area contributed by atoms with E-state index in [1.54, 1.807) is 20.3 Å². The molecule has 5 rings (SSSR count). The summed E-state index contributed by atoms with van der Waals surface area (Å²) in [5, 5.41) is 17.3. The van der Waals surface area contributed by atoms with E-state index in [9.17, 15) is 5.11 Å². The fourth-order valence-corrected chi connectivity index (χ4v) is 5.18. The lowest BCUT2D eigenvalue weighted by atomic mass is 9.90. The number of hydrazone groups is 1. The number of methoxy groups -OCH3 is 2. The standard InChI is InChI=1S/C25H31N3O4/c1-16(2)27-12-10-25(11-13-27)28-20(18-6-5-7-22(30-3)24(18)32-25)15-19(26-28)17-8-9-21(29)23(14-17)31-4/h5-9,14,16,20,29H,10-13,15H2,1-4H3/t20-/m1/s1. The van der Waals surface area contributed by atoms with Crippen LogP contribution in [0.25, 0.3) is 0 Å². The molecule has 0 radical (unpaired) electrons. The average molecular weight is 438 g/mol. The molecule has 0 unspecified atom stereocenters. The summed E-state index contributed by atoms with van der Waals surface area (Å²) >= 11 is 0. The number of benzene rings is 2. The number of phenols is 1. The number of fused-ring (bicyclic) bond motifs is 4. The molecule has 0 aliphatic carbocycles. The van der Waals surface area contributed by atoms with E-state index < -0.39 is 5.72 Å². The van der Waals surface area contributed by atoms with Gasteiger partial charge in [-0.15, -0.1) is 0 Å². The predicted octanol–water partition coefficient (Wildman–Crippen LogP) is 4.15. The molecule has 7 heteroatoms. The third kappa shape index (κ3) is 3.26. The van der Waals surface area contributed by atoms with E-state index in [4.69, 9.17) is 19.3 Å². The molecule has 3 aliphatic rings. The van der Waals surface area contributed by atoms with Gasteiger partial charge in [0.1, 0.15) is 0 Å². The van der Waals surface area contributed by atoms with Crippen molar-refractivity contribution in [1.29, 1.82) is 0 Å². The molecule has 3 heterocycles. The highest BCUT2D eigenvalue weighted by atomic mass is 16.5. The van der Waals surface area contributed by atoms with Crippen LogP contribution in [0, 0.1) is 0 Å². The molecule has 2 aromatic rings. The van der Waals surface area contributed by atoms with Gasteiger partial charge in [0.05, 0.1) is 26.0 Å². The van der Waals surface area contributed by atoms with Crippen LogP contribution in [0.2, 0.25) is 0 Å². The second-order valence-corrected chi connectivity index (χ2v) is 9.05. The number of phenolic OH excluding ortho intramolecular Hbond substituents is 1. The number of hydrogen-bond donors (Lipinski definition) is 1. The van der Waals surface area contributed by atoms with Crippen molar-refractivity contribution in [3.8, 4) is 23.0 Å². The molecule has 0 aromatic heterocycles. The maximum absolute atomic E-state index is 10.0. The van der Waals surface area contributed by atoms with Gasteiger partial charge in [0.15, 0.2) is 23.0 Å². The molecule has 1 atom stereocenters. The van der Waals surface area contributed by atoms with Crippen molar-refractivity contribution < 1.29 is 19.3 Å². The Morgan fingerprint density at radius 1 is 1.09 bits per heavy atom. The van der Waals surface area contributed by atoms with Crippen molar-refractivity contribution in [1.82, 2.24) is 9.91 Å². The molecule has 32 heavy (non-hydrogen) atoms. The number of nitrogens with zero attached hydrogens (tertiary/aromatic N) is 3. The Labute approximate surface area is 189 Å². The summed E-state index contributed by atoms with van der Waals surface area (Å²) in [7, 11) is 3.26. The molecule has 1 N–H and O–H groups in total. The van der Waals surface area contributed by atoms with E-state index in [0.717, 1.165) is 60.7 Å². The topological polar surface area (TPSA) is 66.8 Å². The van der Waals surface area contributed by atoms with Crippen LogP contribution in [0.15, 0.2) is 41.5 Å². The highest BCUT2D eigenvalue weighted by Gasteiger charge is 2.52. The van der Waals surface area contributed by atoms with Gasteiger partial charge in [-0.3, -0.25) is 0 Å². The van der Waals surface area contributed by atoms with Crippen molar-refractivity contribution in [2.45, 2.75) is 50.9 Å². The lowest BCUT2D eigenvalue weighted by Crippen LogP contribution is -2.59. The Hall–Kier alpha value is -2.93. The van der Waals surface area contributed by atoms with E-state index >= 15 is 0 Å². The lowest BCUT2D eigenvalue weighted by molar-refractivity contribution is -0.153. The number of hydrogen-bond acceptors (Lipinski definition) is 7. The molecule has 1 fully saturated rings. The van der Waals surface area contributed by atoms with Gasteiger partial charge in [-0.05, 0) is 38.1 Å². The van der Waals surface area contributed by atoms with Gasteiger partial charge in [-0.2, -0.15) is 5.10 Å². The molecule has 0 amide bonds. The molecule has 7 nitrogen and oxygen atoms in total. The summed E-state index contributed by atoms with van der Waals surface area (Å²) in [6.45, 7) is 6.41. The van der Waals surface area contributed by atoms with Crippen LogP contribution in [0.1, 0.15) is 50.3 Å². The van der Waals surface area contributed by atoms with E-state index in [2.05, 4.69) is 29.8 Å². The van der Waals surface area contributed by atoms with Crippen molar-refractivity contribution in [3.63, 3.8) is 0 Å². The smallest absolute Gasteiger partial charge is 0.200 e. The van der Waals surface area contributed by atoms with Crippen molar-refractivity contribution >= 4 is 5.71 Å². The van der Waals surface area contributed by atoms with Crippen molar-refractivity contribution in [2.24, 2.45) is 5.10 Å². The second kappa shape index (κ2) is 7.89. The van der Waals surface area contributed by atoms with Crippen LogP contribution in [-0.2, 0) is 0 Å². The van der Waals surface area contributed by atoms with Crippen LogP contribution in [0.3, 0.4) is 0 Å². The summed E-state index contributed by atoms with van der Waals surface area (Å²) < 4.78 is 17.8. The van der Waals surface area contributed by atoms with E-state index in [0.29, 0.717) is 11.8 Å². The largest absolute Gasteiger partial charge is 0.504 e. The lowest BCUT2D eigenvalue weighted by Gasteiger charge is -2.51. The maximum atomic E-state index is 10.0. The summed E-state index contributed by atoms with van der Waals surface area (Å²) in [4.78, 5) is 2.49. The summed E-state index contributed by atoms with van der Waals surface area (Å²) in [5.74, 6) is 2.19. The molecule has 1 saturated heterocycles. The first-order chi connectivity index (χ1) is 15.5. The molecule has 3 aliphatic heterocycles. The first-order valence-corrected chi connectivity index (χ1v) is 11.3. The molecule has 1 spiro atoms. The highest BCUT2D eigenvalue weighted by Crippen LogP contribution is 2.53. The summed E-state index contributed by atoms with van der Waals surface area (Å²) in [6, 6.07) is 12.1. The molecule has 2 aromatic carbocycles. The maximum Gasteiger partial charge on any atom is 0.200 e. The monoisotopic (exact) mass is 437 g/mol. The normalized spacial score (nSPS) is 21.7. The van der Waals surface area contributed by atoms with Gasteiger partial charge >= 0.3 is 0 Å². The minimum atomic E-state index is -0.500. The molecular formula is C25H31N3O4. The third-order valence-electron chi connectivity index (χ3n) is 7.03. The van der Waals surface area contributed by atoms with Crippen LogP contribution in [0.4, 0.5) is 0 Å². The fourth-order valence-electron chi connectivity index (χ4n) is 5.18. The predicted molar refractivity (Wildman–Crippen MR) is 123 cm³/mol. The van der Waals surface area contributed by atoms with Crippen molar-refractivity contribution in [2.75, 3.05) is 27.3 Å². The molecule has 170 valence electrons. The third-order valence-corrected chi connectivity index (χ3v) is 7.03. The van der Waals surface area contributed by atoms with Gasteiger partial charge < -0.3 is 24.2 Å². The number of likely N-dealkylation sites (tertiary alicyclic amines) is 1. The minimum absolute atomic E-state index is 0.0780. The molecule has 0 bridgehead atoms. The Balaban J connectivity index is 1.56. The number of rotatable bonds is 4. The average Bonchev–Trinajstić information content (AvgIpc) is 3.26. The molecular weight excluding hydrogens is 406 g/mol. The Morgan fingerprint density at radius 2 is 1.84 bits per heavy atom. The van der Waals surface area contributed by atoms with Gasteiger partial charge in [0, 0.05) is 49.5 Å². The van der Waals surface area contributed by atoms with Crippen molar-refractivity contribution in [3.05, 3.63) is 47.5 Å². The SMILES string of the molecule is COc1cc(C2=NN3[C@H](C2)c2cccc(OC)c2OC32CCN(C(C)C)CC2)ccc1O. The summed E-state index contributed by atoms with van der Waals surface area (Å²) in [6.07, 6.45) is 2.50. The fraction of sp³-hybridized carbons (Fsp3) is 0.480. The van der Waals surface area contributed by atoms with Gasteiger partial charge in [0.2, 0.25) is 5.72 Å². The molecule has 0 saturated carbocycles. The first kappa shape index (κ1) is 20.9. The highest BCUT2D eigenvalue weighted by molar-refractivity contribution is 6.02.